The summed E-state index contributed by atoms with van der Waals surface area (Å²) >= 11 is 0. The maximum absolute atomic E-state index is 10.6. The zero-order valence-corrected chi connectivity index (χ0v) is 11.9. The molecule has 1 rings (SSSR count). The van der Waals surface area contributed by atoms with Crippen molar-refractivity contribution >= 4 is 0 Å². The number of quaternary nitrogens is 1. The Kier molecular flexibility index (Phi) is 3.65. The molecular formula is C14H26NO2+. The van der Waals surface area contributed by atoms with Crippen LogP contribution in [0.4, 0.5) is 0 Å². The summed E-state index contributed by atoms with van der Waals surface area (Å²) in [6.45, 7) is 8.35. The summed E-state index contributed by atoms with van der Waals surface area (Å²) in [4.78, 5) is 0. The summed E-state index contributed by atoms with van der Waals surface area (Å²) in [6.07, 6.45) is 0.657. The Hall–Kier alpha value is -0.560. The monoisotopic (exact) mass is 240 g/mol. The van der Waals surface area contributed by atoms with E-state index in [-0.39, 0.29) is 5.92 Å². The third-order valence-corrected chi connectivity index (χ3v) is 3.94. The second-order valence-electron chi connectivity index (χ2n) is 6.65. The van der Waals surface area contributed by atoms with Gasteiger partial charge < -0.3 is 14.7 Å². The Bertz CT molecular complexity index is 345. The molecule has 3 nitrogen and oxygen atoms in total. The lowest BCUT2D eigenvalue weighted by atomic mass is 9.78. The normalized spacial score (nSPS) is 37.2. The van der Waals surface area contributed by atoms with Gasteiger partial charge in [-0.1, -0.05) is 18.8 Å². The number of nitrogens with zero attached hydrogens (tertiary/aromatic N) is 1. The van der Waals surface area contributed by atoms with Crippen LogP contribution in [-0.2, 0) is 0 Å². The van der Waals surface area contributed by atoms with Crippen LogP contribution in [0, 0.1) is 17.8 Å². The van der Waals surface area contributed by atoms with E-state index < -0.39 is 11.2 Å². The highest BCUT2D eigenvalue weighted by Crippen LogP contribution is 2.33. The third-order valence-electron chi connectivity index (χ3n) is 3.94. The Morgan fingerprint density at radius 1 is 1.29 bits per heavy atom. The molecule has 1 aliphatic heterocycles. The van der Waals surface area contributed by atoms with Gasteiger partial charge in [-0.3, -0.25) is 0 Å². The predicted molar refractivity (Wildman–Crippen MR) is 69.2 cm³/mol. The first-order valence-electron chi connectivity index (χ1n) is 6.28. The molecule has 0 amide bonds. The van der Waals surface area contributed by atoms with Crippen molar-refractivity contribution < 1.29 is 14.7 Å². The second-order valence-corrected chi connectivity index (χ2v) is 6.65. The smallest absolute Gasteiger partial charge is 0.139 e. The highest BCUT2D eigenvalue weighted by atomic mass is 16.3. The zero-order valence-electron chi connectivity index (χ0n) is 11.9. The fourth-order valence-corrected chi connectivity index (χ4v) is 2.37. The highest BCUT2D eigenvalue weighted by molar-refractivity contribution is 5.21. The van der Waals surface area contributed by atoms with Gasteiger partial charge in [-0.25, -0.2) is 0 Å². The van der Waals surface area contributed by atoms with E-state index in [1.165, 1.54) is 0 Å². The molecule has 0 saturated carbocycles. The molecule has 0 radical (unpaired) electrons. The van der Waals surface area contributed by atoms with Crippen molar-refractivity contribution in [3.8, 4) is 11.8 Å². The molecule has 3 atom stereocenters. The zero-order chi connectivity index (χ0) is 13.5. The minimum atomic E-state index is -1.04. The van der Waals surface area contributed by atoms with Crippen molar-refractivity contribution in [2.24, 2.45) is 5.92 Å². The van der Waals surface area contributed by atoms with Crippen molar-refractivity contribution in [3.05, 3.63) is 0 Å². The quantitative estimate of drug-likeness (QED) is 0.490. The Labute approximate surface area is 105 Å². The molecule has 0 aromatic heterocycles. The minimum Gasteiger partial charge on any atom is -0.378 e. The van der Waals surface area contributed by atoms with Gasteiger partial charge >= 0.3 is 0 Å². The van der Waals surface area contributed by atoms with Crippen LogP contribution in [-0.4, -0.2) is 52.6 Å². The van der Waals surface area contributed by atoms with E-state index in [4.69, 9.17) is 0 Å². The van der Waals surface area contributed by atoms with Gasteiger partial charge in [0.15, 0.2) is 0 Å². The number of aliphatic hydroxyl groups is 2. The van der Waals surface area contributed by atoms with Crippen molar-refractivity contribution in [1.82, 2.24) is 0 Å². The number of piperidine rings is 1. The van der Waals surface area contributed by atoms with E-state index in [0.717, 1.165) is 11.0 Å². The first-order chi connectivity index (χ1) is 7.46. The van der Waals surface area contributed by atoms with E-state index >= 15 is 0 Å². The molecule has 3 unspecified atom stereocenters. The van der Waals surface area contributed by atoms with Crippen LogP contribution in [0.3, 0.4) is 0 Å². The lowest BCUT2D eigenvalue weighted by Crippen LogP contribution is -2.61. The SMILES string of the molecule is CC1C[N+](C)(C)C(C)CC1(O)C#CC(C)(C)O. The average Bonchev–Trinajstić information content (AvgIpc) is 2.11. The summed E-state index contributed by atoms with van der Waals surface area (Å²) in [5.41, 5.74) is -2.01. The Morgan fingerprint density at radius 3 is 2.29 bits per heavy atom. The van der Waals surface area contributed by atoms with Gasteiger partial charge in [0.2, 0.25) is 0 Å². The summed E-state index contributed by atoms with van der Waals surface area (Å²) < 4.78 is 0.910. The molecule has 2 N–H and O–H groups in total. The first kappa shape index (κ1) is 14.5. The van der Waals surface area contributed by atoms with Gasteiger partial charge in [0.1, 0.15) is 11.2 Å². The predicted octanol–water partition coefficient (Wildman–Crippen LogP) is 0.996. The van der Waals surface area contributed by atoms with Crippen LogP contribution in [0.5, 0.6) is 0 Å². The largest absolute Gasteiger partial charge is 0.378 e. The molecule has 0 spiro atoms. The maximum atomic E-state index is 10.6. The topological polar surface area (TPSA) is 40.5 Å². The van der Waals surface area contributed by atoms with E-state index in [1.54, 1.807) is 13.8 Å². The number of hydrogen-bond donors (Lipinski definition) is 2. The molecule has 17 heavy (non-hydrogen) atoms. The molecule has 1 heterocycles. The van der Waals surface area contributed by atoms with Gasteiger partial charge in [0.25, 0.3) is 0 Å². The third kappa shape index (κ3) is 3.45. The maximum Gasteiger partial charge on any atom is 0.139 e. The van der Waals surface area contributed by atoms with E-state index in [9.17, 15) is 10.2 Å². The van der Waals surface area contributed by atoms with Crippen molar-refractivity contribution in [1.29, 1.82) is 0 Å². The number of rotatable bonds is 0. The van der Waals surface area contributed by atoms with Crippen LogP contribution in [0.1, 0.15) is 34.1 Å². The lowest BCUT2D eigenvalue weighted by molar-refractivity contribution is -0.923. The van der Waals surface area contributed by atoms with Gasteiger partial charge in [0.05, 0.1) is 26.7 Å². The fourth-order valence-electron chi connectivity index (χ4n) is 2.37. The van der Waals surface area contributed by atoms with Crippen LogP contribution < -0.4 is 0 Å². The molecule has 0 aromatic rings. The molecule has 0 aliphatic carbocycles. The average molecular weight is 240 g/mol. The number of likely N-dealkylation sites (tertiary alicyclic amines) is 1. The Morgan fingerprint density at radius 2 is 1.82 bits per heavy atom. The highest BCUT2D eigenvalue weighted by Gasteiger charge is 2.46. The van der Waals surface area contributed by atoms with Crippen LogP contribution in [0.25, 0.3) is 0 Å². The minimum absolute atomic E-state index is 0.114. The lowest BCUT2D eigenvalue weighted by Gasteiger charge is -2.48. The van der Waals surface area contributed by atoms with Gasteiger partial charge in [-0.05, 0) is 20.8 Å². The van der Waals surface area contributed by atoms with Crippen LogP contribution in [0.15, 0.2) is 0 Å². The summed E-state index contributed by atoms with van der Waals surface area (Å²) in [5, 5.41) is 20.2. The van der Waals surface area contributed by atoms with E-state index in [0.29, 0.717) is 12.5 Å². The Balaban J connectivity index is 2.94. The van der Waals surface area contributed by atoms with Crippen molar-refractivity contribution in [2.75, 3.05) is 20.6 Å². The molecule has 0 aromatic carbocycles. The molecule has 1 aliphatic rings. The first-order valence-corrected chi connectivity index (χ1v) is 6.28. The molecule has 0 bridgehead atoms. The molecular weight excluding hydrogens is 214 g/mol. The van der Waals surface area contributed by atoms with Gasteiger partial charge in [-0.2, -0.15) is 0 Å². The standard InChI is InChI=1S/C14H26NO2/c1-11-10-15(5,6)12(2)9-14(11,17)8-7-13(3,4)16/h11-12,16-17H,9-10H2,1-6H3/q+1. The number of hydrogen-bond acceptors (Lipinski definition) is 2. The molecule has 98 valence electrons. The molecule has 1 fully saturated rings. The summed E-state index contributed by atoms with van der Waals surface area (Å²) in [7, 11) is 4.37. The summed E-state index contributed by atoms with van der Waals surface area (Å²) in [6, 6.07) is 0.368. The molecule has 3 heteroatoms. The van der Waals surface area contributed by atoms with Crippen molar-refractivity contribution in [3.63, 3.8) is 0 Å². The van der Waals surface area contributed by atoms with Gasteiger partial charge in [-0.15, -0.1) is 0 Å². The molecule has 1 saturated heterocycles. The second kappa shape index (κ2) is 4.28. The fraction of sp³-hybridized carbons (Fsp3) is 0.857. The van der Waals surface area contributed by atoms with Crippen LogP contribution >= 0.6 is 0 Å². The summed E-state index contributed by atoms with van der Waals surface area (Å²) in [5.74, 6) is 5.77. The van der Waals surface area contributed by atoms with Crippen molar-refractivity contribution in [2.45, 2.75) is 51.4 Å². The van der Waals surface area contributed by atoms with E-state index in [2.05, 4.69) is 32.9 Å². The van der Waals surface area contributed by atoms with Crippen LogP contribution in [0.2, 0.25) is 0 Å². The van der Waals surface area contributed by atoms with E-state index in [1.807, 2.05) is 6.92 Å². The van der Waals surface area contributed by atoms with Gasteiger partial charge in [0, 0.05) is 12.3 Å².